The number of benzene rings is 1. The zero-order valence-corrected chi connectivity index (χ0v) is 15.6. The first kappa shape index (κ1) is 16.1. The average molecular weight is 352 g/mol. The van der Waals surface area contributed by atoms with Crippen LogP contribution in [0.4, 0.5) is 5.69 Å². The summed E-state index contributed by atoms with van der Waals surface area (Å²) in [4.78, 5) is 28.1. The van der Waals surface area contributed by atoms with E-state index in [1.165, 1.54) is 12.7 Å². The van der Waals surface area contributed by atoms with Crippen LogP contribution in [0.25, 0.3) is 0 Å². The Kier molecular flexibility index (Phi) is 2.95. The van der Waals surface area contributed by atoms with Gasteiger partial charge in [0, 0.05) is 34.8 Å². The molecule has 5 heteroatoms. The van der Waals surface area contributed by atoms with E-state index in [1.54, 1.807) is 6.92 Å². The Morgan fingerprint density at radius 3 is 2.69 bits per heavy atom. The first-order valence-electron chi connectivity index (χ1n) is 9.29. The van der Waals surface area contributed by atoms with E-state index in [0.717, 1.165) is 24.2 Å². The van der Waals surface area contributed by atoms with Gasteiger partial charge in [0.1, 0.15) is 5.78 Å². The summed E-state index contributed by atoms with van der Waals surface area (Å²) in [6.45, 7) is 3.72. The molecule has 5 nitrogen and oxygen atoms in total. The van der Waals surface area contributed by atoms with Gasteiger partial charge in [0.05, 0.1) is 18.1 Å². The van der Waals surface area contributed by atoms with Crippen molar-refractivity contribution in [2.45, 2.75) is 44.2 Å². The molecule has 136 valence electrons. The molecule has 0 amide bonds. The number of para-hydroxylation sites is 1. The molecule has 2 fully saturated rings. The number of esters is 1. The van der Waals surface area contributed by atoms with Crippen LogP contribution in [0, 0.1) is 11.3 Å². The number of ether oxygens (including phenoxy) is 1. The van der Waals surface area contributed by atoms with Gasteiger partial charge in [0.2, 0.25) is 0 Å². The van der Waals surface area contributed by atoms with Crippen molar-refractivity contribution in [2.24, 2.45) is 11.3 Å². The molecule has 1 spiro atoms. The van der Waals surface area contributed by atoms with Crippen LogP contribution in [0.1, 0.15) is 32.3 Å². The third kappa shape index (κ3) is 1.49. The van der Waals surface area contributed by atoms with Crippen molar-refractivity contribution >= 4 is 17.4 Å². The number of nitrogens with zero attached hydrogens (tertiary/aromatic N) is 1. The maximum Gasteiger partial charge on any atom is 0.335 e. The second kappa shape index (κ2) is 4.77. The fourth-order valence-electron chi connectivity index (χ4n) is 6.51. The molecule has 1 aliphatic carbocycles. The number of hydrogen-bond acceptors (Lipinski definition) is 5. The molecule has 5 rings (SSSR count). The molecule has 3 bridgehead atoms. The average Bonchev–Trinajstić information content (AvgIpc) is 3.05. The summed E-state index contributed by atoms with van der Waals surface area (Å²) in [5.41, 5.74) is 3.17. The Hall–Kier alpha value is -2.14. The molecule has 0 aromatic heterocycles. The molecule has 5 atom stereocenters. The Bertz CT molecular complexity index is 891. The lowest BCUT2D eigenvalue weighted by molar-refractivity contribution is -0.142. The molecular formula is C21H24N2O3. The molecule has 4 aliphatic rings. The normalized spacial score (nSPS) is 39.5. The van der Waals surface area contributed by atoms with Gasteiger partial charge < -0.3 is 10.1 Å². The van der Waals surface area contributed by atoms with Crippen molar-refractivity contribution < 1.29 is 14.3 Å². The van der Waals surface area contributed by atoms with Crippen molar-refractivity contribution in [2.75, 3.05) is 19.5 Å². The lowest BCUT2D eigenvalue weighted by atomic mass is 9.59. The minimum Gasteiger partial charge on any atom is -0.466 e. The zero-order chi connectivity index (χ0) is 18.4. The molecule has 0 radical (unpaired) electrons. The topological polar surface area (TPSA) is 58.6 Å². The minimum atomic E-state index is -0.577. The summed E-state index contributed by atoms with van der Waals surface area (Å²) in [6, 6.07) is 8.75. The number of carbonyl (C=O) groups is 2. The molecule has 3 heterocycles. The van der Waals surface area contributed by atoms with Crippen LogP contribution in [-0.4, -0.2) is 42.9 Å². The van der Waals surface area contributed by atoms with Gasteiger partial charge in [-0.3, -0.25) is 9.69 Å². The number of ketones is 1. The smallest absolute Gasteiger partial charge is 0.335 e. The number of fused-ring (bicyclic) bond motifs is 3. The molecule has 2 saturated heterocycles. The van der Waals surface area contributed by atoms with Gasteiger partial charge in [-0.15, -0.1) is 0 Å². The second-order valence-electron chi connectivity index (χ2n) is 8.45. The summed E-state index contributed by atoms with van der Waals surface area (Å²) < 4.78 is 5.19. The molecule has 26 heavy (non-hydrogen) atoms. The highest BCUT2D eigenvalue weighted by atomic mass is 16.5. The highest BCUT2D eigenvalue weighted by Gasteiger charge is 2.71. The van der Waals surface area contributed by atoms with Gasteiger partial charge in [0.25, 0.3) is 0 Å². The largest absolute Gasteiger partial charge is 0.466 e. The maximum atomic E-state index is 12.9. The van der Waals surface area contributed by atoms with Gasteiger partial charge >= 0.3 is 5.97 Å². The van der Waals surface area contributed by atoms with Gasteiger partial charge in [-0.1, -0.05) is 25.1 Å². The number of hydrogen-bond donors (Lipinski definition) is 1. The van der Waals surface area contributed by atoms with Crippen LogP contribution in [0.5, 0.6) is 0 Å². The fraction of sp³-hybridized carbons (Fsp3) is 0.524. The van der Waals surface area contributed by atoms with Crippen LogP contribution in [0.15, 0.2) is 35.5 Å². The molecule has 0 saturated carbocycles. The van der Waals surface area contributed by atoms with E-state index in [4.69, 9.17) is 4.74 Å². The van der Waals surface area contributed by atoms with E-state index in [2.05, 4.69) is 35.5 Å². The number of carbonyl (C=O) groups excluding carboxylic acids is 2. The Labute approximate surface area is 153 Å². The summed E-state index contributed by atoms with van der Waals surface area (Å²) in [5, 5.41) is 3.56. The predicted octanol–water partition coefficient (Wildman–Crippen LogP) is 2.48. The van der Waals surface area contributed by atoms with Crippen molar-refractivity contribution in [3.63, 3.8) is 0 Å². The van der Waals surface area contributed by atoms with E-state index < -0.39 is 5.41 Å². The lowest BCUT2D eigenvalue weighted by Gasteiger charge is -2.52. The van der Waals surface area contributed by atoms with Gasteiger partial charge in [-0.2, -0.15) is 0 Å². The minimum absolute atomic E-state index is 0.105. The lowest BCUT2D eigenvalue weighted by Crippen LogP contribution is -2.60. The van der Waals surface area contributed by atoms with Crippen molar-refractivity contribution in [1.29, 1.82) is 0 Å². The third-order valence-corrected chi connectivity index (χ3v) is 7.84. The second-order valence-corrected chi connectivity index (χ2v) is 8.45. The maximum absolute atomic E-state index is 12.9. The highest BCUT2D eigenvalue weighted by Crippen LogP contribution is 2.68. The first-order valence-corrected chi connectivity index (χ1v) is 9.29. The predicted molar refractivity (Wildman–Crippen MR) is 97.6 cm³/mol. The van der Waals surface area contributed by atoms with E-state index >= 15 is 0 Å². The van der Waals surface area contributed by atoms with Crippen LogP contribution < -0.4 is 5.32 Å². The summed E-state index contributed by atoms with van der Waals surface area (Å²) in [6.07, 6.45) is 1.67. The zero-order valence-electron chi connectivity index (χ0n) is 15.6. The van der Waals surface area contributed by atoms with E-state index in [0.29, 0.717) is 11.6 Å². The van der Waals surface area contributed by atoms with Crippen molar-refractivity contribution in [3.8, 4) is 0 Å². The van der Waals surface area contributed by atoms with Crippen LogP contribution in [0.3, 0.4) is 0 Å². The van der Waals surface area contributed by atoms with E-state index in [-0.39, 0.29) is 29.1 Å². The Morgan fingerprint density at radius 1 is 1.27 bits per heavy atom. The van der Waals surface area contributed by atoms with Crippen LogP contribution in [0.2, 0.25) is 0 Å². The number of nitrogens with one attached hydrogen (secondary N) is 1. The number of piperidine rings is 1. The third-order valence-electron chi connectivity index (χ3n) is 7.84. The molecule has 1 aromatic carbocycles. The monoisotopic (exact) mass is 352 g/mol. The number of methoxy groups -OCH3 is 1. The summed E-state index contributed by atoms with van der Waals surface area (Å²) in [7, 11) is 3.57. The molecule has 2 unspecified atom stereocenters. The highest BCUT2D eigenvalue weighted by molar-refractivity contribution is 5.96. The van der Waals surface area contributed by atoms with E-state index in [9.17, 15) is 9.59 Å². The standard InChI is InChI=1S/C21H24N2O3/c1-11(24)20(2)13-9-15-21(10-16(20)23(15)3)12-7-5-6-8-14(12)22-18(21)17(13)19(25)26-4/h5-8,13,15-16,22H,9-10H2,1-4H3/t13-,15+,16?,20-,21?/m1/s1. The van der Waals surface area contributed by atoms with Crippen LogP contribution in [-0.2, 0) is 19.7 Å². The molecule has 1 N–H and O–H groups in total. The van der Waals surface area contributed by atoms with Gasteiger partial charge in [0.15, 0.2) is 0 Å². The number of anilines is 1. The summed E-state index contributed by atoms with van der Waals surface area (Å²) in [5.74, 6) is -0.248. The van der Waals surface area contributed by atoms with Crippen molar-refractivity contribution in [3.05, 3.63) is 41.1 Å². The number of Topliss-reactive ketones (excluding diaryl/α,β-unsaturated/α-hetero) is 1. The number of rotatable bonds is 2. The quantitative estimate of drug-likeness (QED) is 0.829. The molecule has 3 aliphatic heterocycles. The Morgan fingerprint density at radius 2 is 2.00 bits per heavy atom. The van der Waals surface area contributed by atoms with Gasteiger partial charge in [-0.25, -0.2) is 4.79 Å². The van der Waals surface area contributed by atoms with Crippen LogP contribution >= 0.6 is 0 Å². The van der Waals surface area contributed by atoms with E-state index in [1.807, 2.05) is 13.0 Å². The fourth-order valence-corrected chi connectivity index (χ4v) is 6.51. The SMILES string of the molecule is COC(=O)C1=C2Nc3ccccc3C23CC2N(C)[C@H]3C[C@H]1[C@@]2(C)C(C)=O. The number of likely N-dealkylation sites (N-methyl/N-ethyl adjacent to an activating group) is 1. The molecular weight excluding hydrogens is 328 g/mol. The Balaban J connectivity index is 1.85. The van der Waals surface area contributed by atoms with Crippen molar-refractivity contribution in [1.82, 2.24) is 4.90 Å². The molecule has 1 aromatic rings. The first-order chi connectivity index (χ1) is 12.4. The summed E-state index contributed by atoms with van der Waals surface area (Å²) >= 11 is 0. The van der Waals surface area contributed by atoms with Gasteiger partial charge in [-0.05, 0) is 38.4 Å².